The van der Waals surface area contributed by atoms with Crippen LogP contribution in [0.1, 0.15) is 35.2 Å². The minimum Gasteiger partial charge on any atom is -0.348 e. The molecule has 1 amide bonds. The molecule has 0 aliphatic rings. The third-order valence-corrected chi connectivity index (χ3v) is 6.04. The Morgan fingerprint density at radius 2 is 1.75 bits per heavy atom. The number of sulfonamides is 1. The highest BCUT2D eigenvalue weighted by Gasteiger charge is 2.23. The van der Waals surface area contributed by atoms with E-state index in [1.54, 1.807) is 0 Å². The van der Waals surface area contributed by atoms with E-state index < -0.39 is 28.3 Å². The lowest BCUT2D eigenvalue weighted by Crippen LogP contribution is -2.41. The summed E-state index contributed by atoms with van der Waals surface area (Å²) in [4.78, 5) is 12.5. The molecule has 2 rings (SSSR count). The minimum absolute atomic E-state index is 0.124. The van der Waals surface area contributed by atoms with E-state index in [-0.39, 0.29) is 16.8 Å². The van der Waals surface area contributed by atoms with Crippen molar-refractivity contribution in [3.63, 3.8) is 0 Å². The second-order valence-electron chi connectivity index (χ2n) is 6.95. The summed E-state index contributed by atoms with van der Waals surface area (Å²) >= 11 is 5.76. The fourth-order valence-electron chi connectivity index (χ4n) is 2.98. The lowest BCUT2D eigenvalue weighted by molar-refractivity contribution is -0.120. The number of anilines is 1. The van der Waals surface area contributed by atoms with Crippen LogP contribution in [0.2, 0.25) is 5.02 Å². The molecule has 0 aliphatic carbocycles. The zero-order chi connectivity index (χ0) is 21.2. The van der Waals surface area contributed by atoms with E-state index >= 15 is 0 Å². The number of carbonyl (C=O) groups excluding carboxylic acids is 1. The highest BCUT2D eigenvalue weighted by atomic mass is 35.5. The van der Waals surface area contributed by atoms with Crippen molar-refractivity contribution in [2.75, 3.05) is 17.1 Å². The van der Waals surface area contributed by atoms with Crippen LogP contribution in [0.15, 0.2) is 30.3 Å². The summed E-state index contributed by atoms with van der Waals surface area (Å²) in [5.74, 6) is -1.14. The SMILES string of the molecule is Cc1cc(C)c(C(C)NC(=O)CN(c2ccc(F)c(Cl)c2)S(C)(=O)=O)cc1C. The number of rotatable bonds is 6. The molecule has 0 aliphatic heterocycles. The molecule has 0 spiro atoms. The quantitative estimate of drug-likeness (QED) is 0.757. The van der Waals surface area contributed by atoms with Gasteiger partial charge in [0.2, 0.25) is 15.9 Å². The summed E-state index contributed by atoms with van der Waals surface area (Å²) in [6.07, 6.45) is 0.981. The fourth-order valence-corrected chi connectivity index (χ4v) is 4.01. The average molecular weight is 427 g/mol. The van der Waals surface area contributed by atoms with Crippen molar-refractivity contribution in [2.45, 2.75) is 33.7 Å². The number of hydrogen-bond acceptors (Lipinski definition) is 3. The third kappa shape index (κ3) is 5.23. The molecular weight excluding hydrogens is 403 g/mol. The van der Waals surface area contributed by atoms with Gasteiger partial charge in [-0.15, -0.1) is 0 Å². The van der Waals surface area contributed by atoms with Crippen molar-refractivity contribution in [2.24, 2.45) is 0 Å². The van der Waals surface area contributed by atoms with Gasteiger partial charge in [0.1, 0.15) is 12.4 Å². The maximum absolute atomic E-state index is 13.4. The number of hydrogen-bond donors (Lipinski definition) is 1. The Morgan fingerprint density at radius 1 is 1.14 bits per heavy atom. The van der Waals surface area contributed by atoms with Crippen LogP contribution >= 0.6 is 11.6 Å². The number of nitrogens with one attached hydrogen (secondary N) is 1. The van der Waals surface area contributed by atoms with Crippen molar-refractivity contribution in [3.8, 4) is 0 Å². The molecule has 0 heterocycles. The van der Waals surface area contributed by atoms with Crippen LogP contribution in [-0.4, -0.2) is 27.1 Å². The molecule has 2 aromatic rings. The molecule has 0 saturated carbocycles. The normalized spacial score (nSPS) is 12.5. The van der Waals surface area contributed by atoms with Gasteiger partial charge in [0.25, 0.3) is 0 Å². The van der Waals surface area contributed by atoms with Gasteiger partial charge >= 0.3 is 0 Å². The Morgan fingerprint density at radius 3 is 2.32 bits per heavy atom. The number of amides is 1. The van der Waals surface area contributed by atoms with Gasteiger partial charge < -0.3 is 5.32 Å². The maximum atomic E-state index is 13.4. The molecule has 28 heavy (non-hydrogen) atoms. The Bertz CT molecular complexity index is 1010. The van der Waals surface area contributed by atoms with E-state index in [9.17, 15) is 17.6 Å². The van der Waals surface area contributed by atoms with E-state index in [2.05, 4.69) is 11.4 Å². The van der Waals surface area contributed by atoms with E-state index in [0.717, 1.165) is 38.9 Å². The lowest BCUT2D eigenvalue weighted by Gasteiger charge is -2.24. The summed E-state index contributed by atoms with van der Waals surface area (Å²) in [7, 11) is -3.77. The van der Waals surface area contributed by atoms with E-state index in [1.165, 1.54) is 12.1 Å². The Hall–Kier alpha value is -2.12. The molecule has 0 radical (unpaired) electrons. The van der Waals surface area contributed by atoms with E-state index in [0.29, 0.717) is 0 Å². The first-order chi connectivity index (χ1) is 12.9. The zero-order valence-corrected chi connectivity index (χ0v) is 18.1. The summed E-state index contributed by atoms with van der Waals surface area (Å²) < 4.78 is 38.6. The molecule has 0 fully saturated rings. The zero-order valence-electron chi connectivity index (χ0n) is 16.5. The van der Waals surface area contributed by atoms with Gasteiger partial charge in [-0.2, -0.15) is 0 Å². The molecule has 0 bridgehead atoms. The second kappa shape index (κ2) is 8.49. The topological polar surface area (TPSA) is 66.5 Å². The number of benzene rings is 2. The molecule has 0 saturated heterocycles. The van der Waals surface area contributed by atoms with Crippen molar-refractivity contribution in [3.05, 3.63) is 63.4 Å². The second-order valence-corrected chi connectivity index (χ2v) is 9.26. The molecule has 1 atom stereocenters. The largest absolute Gasteiger partial charge is 0.348 e. The predicted molar refractivity (Wildman–Crippen MR) is 111 cm³/mol. The average Bonchev–Trinajstić information content (AvgIpc) is 2.57. The van der Waals surface area contributed by atoms with Gasteiger partial charge in [0.15, 0.2) is 0 Å². The molecule has 1 unspecified atom stereocenters. The van der Waals surface area contributed by atoms with Gasteiger partial charge in [-0.05, 0) is 68.1 Å². The molecule has 5 nitrogen and oxygen atoms in total. The van der Waals surface area contributed by atoms with Crippen molar-refractivity contribution in [1.82, 2.24) is 5.32 Å². The number of nitrogens with zero attached hydrogens (tertiary/aromatic N) is 1. The number of carbonyl (C=O) groups is 1. The molecule has 1 N–H and O–H groups in total. The van der Waals surface area contributed by atoms with Crippen LogP contribution in [0.3, 0.4) is 0 Å². The van der Waals surface area contributed by atoms with Crippen molar-refractivity contribution < 1.29 is 17.6 Å². The first-order valence-electron chi connectivity index (χ1n) is 8.70. The molecule has 2 aromatic carbocycles. The monoisotopic (exact) mass is 426 g/mol. The molecule has 0 aromatic heterocycles. The van der Waals surface area contributed by atoms with E-state index in [4.69, 9.17) is 11.6 Å². The molecule has 8 heteroatoms. The lowest BCUT2D eigenvalue weighted by atomic mass is 9.96. The van der Waals surface area contributed by atoms with Crippen LogP contribution in [-0.2, 0) is 14.8 Å². The summed E-state index contributed by atoms with van der Waals surface area (Å²) in [6.45, 7) is 7.39. The fraction of sp³-hybridized carbons (Fsp3) is 0.350. The summed E-state index contributed by atoms with van der Waals surface area (Å²) in [6, 6.07) is 7.29. The molecule has 152 valence electrons. The molecular formula is C20H24ClFN2O3S. The van der Waals surface area contributed by atoms with Crippen LogP contribution in [0.4, 0.5) is 10.1 Å². The van der Waals surface area contributed by atoms with E-state index in [1.807, 2.05) is 33.8 Å². The van der Waals surface area contributed by atoms with Gasteiger partial charge in [0, 0.05) is 0 Å². The first kappa shape index (κ1) is 22.2. The highest BCUT2D eigenvalue weighted by molar-refractivity contribution is 7.92. The van der Waals surface area contributed by atoms with Gasteiger partial charge in [0.05, 0.1) is 23.0 Å². The first-order valence-corrected chi connectivity index (χ1v) is 10.9. The minimum atomic E-state index is -3.77. The highest BCUT2D eigenvalue weighted by Crippen LogP contribution is 2.25. The van der Waals surface area contributed by atoms with Crippen LogP contribution in [0.25, 0.3) is 0 Å². The van der Waals surface area contributed by atoms with Crippen molar-refractivity contribution >= 4 is 33.2 Å². The number of aryl methyl sites for hydroxylation is 3. The third-order valence-electron chi connectivity index (χ3n) is 4.61. The van der Waals surface area contributed by atoms with Crippen LogP contribution in [0.5, 0.6) is 0 Å². The van der Waals surface area contributed by atoms with Gasteiger partial charge in [-0.3, -0.25) is 9.10 Å². The van der Waals surface area contributed by atoms with Gasteiger partial charge in [-0.1, -0.05) is 23.7 Å². The Labute approximate surface area is 170 Å². The van der Waals surface area contributed by atoms with Gasteiger partial charge in [-0.25, -0.2) is 12.8 Å². The number of halogens is 2. The summed E-state index contributed by atoms with van der Waals surface area (Å²) in [5.41, 5.74) is 4.41. The van der Waals surface area contributed by atoms with Crippen LogP contribution in [0, 0.1) is 26.6 Å². The van der Waals surface area contributed by atoms with Crippen LogP contribution < -0.4 is 9.62 Å². The maximum Gasteiger partial charge on any atom is 0.241 e. The standard InChI is InChI=1S/C20H24ClFN2O3S/c1-12-8-14(3)17(9-13(12)2)15(4)23-20(25)11-24(28(5,26)27)16-6-7-19(22)18(21)10-16/h6-10,15H,11H2,1-5H3,(H,23,25). The van der Waals surface area contributed by atoms with Crippen molar-refractivity contribution in [1.29, 1.82) is 0 Å². The predicted octanol–water partition coefficient (Wildman–Crippen LogP) is 4.05. The Balaban J connectivity index is 2.22. The summed E-state index contributed by atoms with van der Waals surface area (Å²) in [5, 5.41) is 2.61. The Kier molecular flexibility index (Phi) is 6.72. The smallest absolute Gasteiger partial charge is 0.241 e.